The molecular formula is C11H10N2O4S. The number of amides is 1. The Bertz CT molecular complexity index is 587. The fourth-order valence-corrected chi connectivity index (χ4v) is 2.01. The van der Waals surface area contributed by atoms with Crippen LogP contribution in [0.2, 0.25) is 0 Å². The molecule has 2 rings (SSSR count). The number of hydrogen-bond donors (Lipinski definition) is 2. The molecule has 2 heterocycles. The van der Waals surface area contributed by atoms with Gasteiger partial charge < -0.3 is 14.8 Å². The maximum atomic E-state index is 11.7. The highest BCUT2D eigenvalue weighted by atomic mass is 32.1. The van der Waals surface area contributed by atoms with Crippen molar-refractivity contribution < 1.29 is 19.1 Å². The lowest BCUT2D eigenvalue weighted by Crippen LogP contribution is -2.22. The van der Waals surface area contributed by atoms with Crippen LogP contribution in [0, 0.1) is 6.92 Å². The zero-order valence-electron chi connectivity index (χ0n) is 9.47. The fourth-order valence-electron chi connectivity index (χ4n) is 1.30. The molecule has 0 saturated carbocycles. The van der Waals surface area contributed by atoms with Gasteiger partial charge in [0, 0.05) is 5.38 Å². The van der Waals surface area contributed by atoms with Gasteiger partial charge in [0.1, 0.15) is 11.5 Å². The van der Waals surface area contributed by atoms with Crippen molar-refractivity contribution >= 4 is 23.2 Å². The number of carboxylic acids is 1. The smallest absolute Gasteiger partial charge is 0.355 e. The van der Waals surface area contributed by atoms with Crippen molar-refractivity contribution in [1.29, 1.82) is 0 Å². The Morgan fingerprint density at radius 1 is 1.50 bits per heavy atom. The van der Waals surface area contributed by atoms with E-state index in [2.05, 4.69) is 10.3 Å². The number of thiazole rings is 1. The summed E-state index contributed by atoms with van der Waals surface area (Å²) in [6.45, 7) is 2.06. The summed E-state index contributed by atoms with van der Waals surface area (Å²) in [6.07, 6.45) is 0. The number of nitrogens with one attached hydrogen (secondary N) is 1. The number of aryl methyl sites for hydroxylation is 1. The normalized spacial score (nSPS) is 10.3. The summed E-state index contributed by atoms with van der Waals surface area (Å²) in [5, 5.41) is 12.7. The largest absolute Gasteiger partial charge is 0.476 e. The second-order valence-corrected chi connectivity index (χ2v) is 4.40. The molecule has 0 aliphatic carbocycles. The van der Waals surface area contributed by atoms with E-state index >= 15 is 0 Å². The lowest BCUT2D eigenvalue weighted by molar-refractivity contribution is 0.0691. The Hall–Kier alpha value is -2.15. The molecule has 0 bridgehead atoms. The van der Waals surface area contributed by atoms with Crippen LogP contribution in [-0.2, 0) is 6.54 Å². The number of furan rings is 1. The number of aromatic carboxylic acids is 1. The SMILES string of the molecule is Cc1ccc(CNC(=O)c2nc(C(=O)O)cs2)o1. The van der Waals surface area contributed by atoms with E-state index in [1.807, 2.05) is 6.92 Å². The quantitative estimate of drug-likeness (QED) is 0.878. The lowest BCUT2D eigenvalue weighted by atomic mass is 10.4. The first kappa shape index (κ1) is 12.3. The number of nitrogens with zero attached hydrogens (tertiary/aromatic N) is 1. The van der Waals surface area contributed by atoms with Gasteiger partial charge in [0.05, 0.1) is 6.54 Å². The predicted molar refractivity (Wildman–Crippen MR) is 63.7 cm³/mol. The fraction of sp³-hybridized carbons (Fsp3) is 0.182. The van der Waals surface area contributed by atoms with Crippen LogP contribution in [0.1, 0.15) is 31.8 Å². The highest BCUT2D eigenvalue weighted by molar-refractivity contribution is 7.11. The Kier molecular flexibility index (Phi) is 3.42. The topological polar surface area (TPSA) is 92.4 Å². The van der Waals surface area contributed by atoms with Crippen molar-refractivity contribution in [2.45, 2.75) is 13.5 Å². The maximum absolute atomic E-state index is 11.7. The van der Waals surface area contributed by atoms with E-state index in [-0.39, 0.29) is 17.2 Å². The van der Waals surface area contributed by atoms with Crippen LogP contribution < -0.4 is 5.32 Å². The third kappa shape index (κ3) is 2.75. The highest BCUT2D eigenvalue weighted by Gasteiger charge is 2.14. The molecule has 0 unspecified atom stereocenters. The standard InChI is InChI=1S/C11H10N2O4S/c1-6-2-3-7(17-6)4-12-9(14)10-13-8(5-18-10)11(15)16/h2-3,5H,4H2,1H3,(H,12,14)(H,15,16). The third-order valence-corrected chi connectivity index (χ3v) is 2.98. The molecule has 6 nitrogen and oxygen atoms in total. The average Bonchev–Trinajstić information content (AvgIpc) is 2.94. The Morgan fingerprint density at radius 2 is 2.28 bits per heavy atom. The molecule has 0 aliphatic heterocycles. The number of carbonyl (C=O) groups excluding carboxylic acids is 1. The maximum Gasteiger partial charge on any atom is 0.355 e. The molecule has 94 valence electrons. The van der Waals surface area contributed by atoms with Crippen LogP contribution in [0.5, 0.6) is 0 Å². The number of aromatic nitrogens is 1. The molecule has 0 aliphatic rings. The molecule has 0 fully saturated rings. The number of rotatable bonds is 4. The van der Waals surface area contributed by atoms with Gasteiger partial charge in [0.15, 0.2) is 10.7 Å². The van der Waals surface area contributed by atoms with Crippen molar-refractivity contribution in [3.8, 4) is 0 Å². The van der Waals surface area contributed by atoms with Crippen LogP contribution in [0.4, 0.5) is 0 Å². The Morgan fingerprint density at radius 3 is 2.83 bits per heavy atom. The van der Waals surface area contributed by atoms with Crippen LogP contribution >= 0.6 is 11.3 Å². The summed E-state index contributed by atoms with van der Waals surface area (Å²) in [5.74, 6) is -0.161. The molecule has 0 radical (unpaired) electrons. The monoisotopic (exact) mass is 266 g/mol. The summed E-state index contributed by atoms with van der Waals surface area (Å²) >= 11 is 0.992. The van der Waals surface area contributed by atoms with Crippen LogP contribution in [-0.4, -0.2) is 22.0 Å². The van der Waals surface area contributed by atoms with Gasteiger partial charge in [-0.25, -0.2) is 9.78 Å². The first-order valence-electron chi connectivity index (χ1n) is 5.08. The number of carbonyl (C=O) groups is 2. The molecule has 0 saturated heterocycles. The molecule has 18 heavy (non-hydrogen) atoms. The van der Waals surface area contributed by atoms with Crippen molar-refractivity contribution in [1.82, 2.24) is 10.3 Å². The summed E-state index contributed by atoms with van der Waals surface area (Å²) < 4.78 is 5.29. The van der Waals surface area contributed by atoms with Gasteiger partial charge in [-0.2, -0.15) is 0 Å². The van der Waals surface area contributed by atoms with Crippen LogP contribution in [0.25, 0.3) is 0 Å². The van der Waals surface area contributed by atoms with Crippen molar-refractivity contribution in [2.75, 3.05) is 0 Å². The second kappa shape index (κ2) is 5.01. The molecule has 0 aromatic carbocycles. The van der Waals surface area contributed by atoms with E-state index in [4.69, 9.17) is 9.52 Å². The molecule has 1 amide bonds. The first-order valence-corrected chi connectivity index (χ1v) is 5.96. The Labute approximate surface area is 106 Å². The van der Waals surface area contributed by atoms with Crippen LogP contribution in [0.15, 0.2) is 21.9 Å². The predicted octanol–water partition coefficient (Wildman–Crippen LogP) is 1.67. The molecule has 2 aromatic rings. The Balaban J connectivity index is 1.97. The molecule has 7 heteroatoms. The molecule has 0 atom stereocenters. The molecule has 2 aromatic heterocycles. The van der Waals surface area contributed by atoms with Gasteiger partial charge in [-0.05, 0) is 19.1 Å². The highest BCUT2D eigenvalue weighted by Crippen LogP contribution is 2.10. The summed E-state index contributed by atoms with van der Waals surface area (Å²) in [5.41, 5.74) is -0.126. The number of carboxylic acid groups (broad SMARTS) is 1. The minimum Gasteiger partial charge on any atom is -0.476 e. The molecule has 0 spiro atoms. The lowest BCUT2D eigenvalue weighted by Gasteiger charge is -1.99. The van der Waals surface area contributed by atoms with E-state index in [0.717, 1.165) is 17.1 Å². The van der Waals surface area contributed by atoms with Gasteiger partial charge in [0.2, 0.25) is 0 Å². The van der Waals surface area contributed by atoms with Gasteiger partial charge in [-0.3, -0.25) is 4.79 Å². The zero-order valence-corrected chi connectivity index (χ0v) is 10.3. The summed E-state index contributed by atoms with van der Waals surface area (Å²) in [4.78, 5) is 26.0. The number of hydrogen-bond acceptors (Lipinski definition) is 5. The zero-order chi connectivity index (χ0) is 13.1. The van der Waals surface area contributed by atoms with Gasteiger partial charge in [-0.15, -0.1) is 11.3 Å². The minimum absolute atomic E-state index is 0.121. The second-order valence-electron chi connectivity index (χ2n) is 3.54. The molecular weight excluding hydrogens is 256 g/mol. The summed E-state index contributed by atoms with van der Waals surface area (Å²) in [7, 11) is 0. The van der Waals surface area contributed by atoms with Crippen molar-refractivity contribution in [2.24, 2.45) is 0 Å². The van der Waals surface area contributed by atoms with E-state index in [1.54, 1.807) is 12.1 Å². The third-order valence-electron chi connectivity index (χ3n) is 2.14. The van der Waals surface area contributed by atoms with Gasteiger partial charge in [0.25, 0.3) is 5.91 Å². The average molecular weight is 266 g/mol. The van der Waals surface area contributed by atoms with Crippen LogP contribution in [0.3, 0.4) is 0 Å². The van der Waals surface area contributed by atoms with E-state index in [0.29, 0.717) is 5.76 Å². The van der Waals surface area contributed by atoms with Crippen molar-refractivity contribution in [3.05, 3.63) is 39.7 Å². The summed E-state index contributed by atoms with van der Waals surface area (Å²) in [6, 6.07) is 3.56. The van der Waals surface area contributed by atoms with E-state index in [1.165, 1.54) is 5.38 Å². The van der Waals surface area contributed by atoms with E-state index < -0.39 is 11.9 Å². The van der Waals surface area contributed by atoms with Crippen molar-refractivity contribution in [3.63, 3.8) is 0 Å². The van der Waals surface area contributed by atoms with E-state index in [9.17, 15) is 9.59 Å². The van der Waals surface area contributed by atoms with Gasteiger partial charge in [-0.1, -0.05) is 0 Å². The first-order chi connectivity index (χ1) is 8.56. The minimum atomic E-state index is -1.15. The van der Waals surface area contributed by atoms with Gasteiger partial charge >= 0.3 is 5.97 Å². The molecule has 2 N–H and O–H groups in total.